The summed E-state index contributed by atoms with van der Waals surface area (Å²) in [6, 6.07) is 23.9. The van der Waals surface area contributed by atoms with E-state index in [4.69, 9.17) is 0 Å². The molecule has 0 aliphatic carbocycles. The summed E-state index contributed by atoms with van der Waals surface area (Å²) in [6.07, 6.45) is 1.86. The highest BCUT2D eigenvalue weighted by molar-refractivity contribution is 9.11. The van der Waals surface area contributed by atoms with Crippen molar-refractivity contribution in [2.24, 2.45) is 0 Å². The van der Waals surface area contributed by atoms with Crippen LogP contribution in [0.1, 0.15) is 0 Å². The number of thiophene rings is 1. The van der Waals surface area contributed by atoms with E-state index >= 15 is 0 Å². The molecule has 1 aliphatic rings. The quantitative estimate of drug-likeness (QED) is 0.330. The molecule has 0 fully saturated rings. The van der Waals surface area contributed by atoms with E-state index in [9.17, 15) is 0 Å². The number of halogens is 2. The van der Waals surface area contributed by atoms with Crippen LogP contribution in [0.25, 0.3) is 21.7 Å². The Bertz CT molecular complexity index is 1080. The van der Waals surface area contributed by atoms with E-state index in [1.54, 1.807) is 11.3 Å². The van der Waals surface area contributed by atoms with Gasteiger partial charge in [0.15, 0.2) is 0 Å². The largest absolute Gasteiger partial charge is 0.254 e. The van der Waals surface area contributed by atoms with Gasteiger partial charge in [-0.1, -0.05) is 59.5 Å². The Labute approximate surface area is 173 Å². The third-order valence-electron chi connectivity index (χ3n) is 4.84. The van der Waals surface area contributed by atoms with Gasteiger partial charge < -0.3 is 0 Å². The normalized spacial score (nSPS) is 12.2. The highest BCUT2D eigenvalue weighted by Crippen LogP contribution is 2.31. The van der Waals surface area contributed by atoms with Crippen LogP contribution in [0.2, 0.25) is 0 Å². The minimum atomic E-state index is 0.241. The molecular formula is C21H12BBr2NS. The first-order valence-electron chi connectivity index (χ1n) is 8.32. The molecule has 2 aromatic heterocycles. The topological polar surface area (TPSA) is 12.9 Å². The van der Waals surface area contributed by atoms with Crippen molar-refractivity contribution in [3.63, 3.8) is 0 Å². The lowest BCUT2D eigenvalue weighted by Gasteiger charge is -2.11. The summed E-state index contributed by atoms with van der Waals surface area (Å²) in [7, 11) is 0. The maximum absolute atomic E-state index is 4.65. The lowest BCUT2D eigenvalue weighted by Crippen LogP contribution is -2.49. The molecule has 2 aromatic carbocycles. The molecule has 124 valence electrons. The van der Waals surface area contributed by atoms with Gasteiger partial charge >= 0.3 is 0 Å². The van der Waals surface area contributed by atoms with Crippen LogP contribution < -0.4 is 16.4 Å². The molecule has 0 bridgehead atoms. The molecule has 0 unspecified atom stereocenters. The molecule has 0 saturated heterocycles. The van der Waals surface area contributed by atoms with Crippen LogP contribution in [0.5, 0.6) is 0 Å². The average molecular weight is 481 g/mol. The Hall–Kier alpha value is -1.69. The van der Waals surface area contributed by atoms with Crippen LogP contribution in [-0.4, -0.2) is 11.7 Å². The summed E-state index contributed by atoms with van der Waals surface area (Å²) in [5.41, 5.74) is 7.75. The predicted molar refractivity (Wildman–Crippen MR) is 119 cm³/mol. The van der Waals surface area contributed by atoms with Gasteiger partial charge in [-0.2, -0.15) is 0 Å². The van der Waals surface area contributed by atoms with Crippen molar-refractivity contribution in [2.45, 2.75) is 0 Å². The maximum atomic E-state index is 4.65. The van der Waals surface area contributed by atoms with Crippen LogP contribution in [0.3, 0.4) is 0 Å². The molecule has 5 rings (SSSR count). The van der Waals surface area contributed by atoms with Gasteiger partial charge in [-0.3, -0.25) is 4.98 Å². The smallest absolute Gasteiger partial charge is 0.244 e. The molecular weight excluding hydrogens is 469 g/mol. The van der Waals surface area contributed by atoms with Crippen LogP contribution in [0, 0.1) is 0 Å². The summed E-state index contributed by atoms with van der Waals surface area (Å²) in [5.74, 6) is 0. The van der Waals surface area contributed by atoms with Crippen LogP contribution in [0.15, 0.2) is 81.2 Å². The Morgan fingerprint density at radius 2 is 1.42 bits per heavy atom. The zero-order chi connectivity index (χ0) is 17.7. The van der Waals surface area contributed by atoms with Gasteiger partial charge in [-0.25, -0.2) is 0 Å². The van der Waals surface area contributed by atoms with Crippen molar-refractivity contribution >= 4 is 66.3 Å². The van der Waals surface area contributed by atoms with E-state index in [1.165, 1.54) is 32.4 Å². The van der Waals surface area contributed by atoms with E-state index in [2.05, 4.69) is 104 Å². The van der Waals surface area contributed by atoms with Crippen LogP contribution in [0.4, 0.5) is 0 Å². The first-order valence-corrected chi connectivity index (χ1v) is 10.7. The molecule has 0 N–H and O–H groups in total. The molecule has 26 heavy (non-hydrogen) atoms. The lowest BCUT2D eigenvalue weighted by atomic mass is 9.39. The molecule has 4 aromatic rings. The predicted octanol–water partition coefficient (Wildman–Crippen LogP) is 4.83. The van der Waals surface area contributed by atoms with Gasteiger partial charge in [0.25, 0.3) is 0 Å². The number of pyridine rings is 1. The van der Waals surface area contributed by atoms with Gasteiger partial charge in [-0.15, -0.1) is 11.3 Å². The number of nitrogens with zero attached hydrogens (tertiary/aromatic N) is 1. The molecule has 3 heterocycles. The highest BCUT2D eigenvalue weighted by Gasteiger charge is 2.35. The fourth-order valence-electron chi connectivity index (χ4n) is 3.79. The second-order valence-corrected chi connectivity index (χ2v) is 9.65. The van der Waals surface area contributed by atoms with Gasteiger partial charge in [-0.05, 0) is 66.6 Å². The minimum Gasteiger partial charge on any atom is -0.254 e. The lowest BCUT2D eigenvalue weighted by molar-refractivity contribution is 1.32. The number of benzene rings is 2. The van der Waals surface area contributed by atoms with Gasteiger partial charge in [0.05, 0.1) is 9.48 Å². The van der Waals surface area contributed by atoms with Crippen molar-refractivity contribution in [3.8, 4) is 21.7 Å². The fraction of sp³-hybridized carbons (Fsp3) is 0. The van der Waals surface area contributed by atoms with E-state index in [1.807, 2.05) is 6.20 Å². The Morgan fingerprint density at radius 3 is 2.04 bits per heavy atom. The number of rotatable bonds is 2. The molecule has 0 radical (unpaired) electrons. The summed E-state index contributed by atoms with van der Waals surface area (Å²) in [6.45, 7) is 0.241. The molecule has 5 heteroatoms. The minimum absolute atomic E-state index is 0.241. The van der Waals surface area contributed by atoms with Gasteiger partial charge in [0, 0.05) is 15.5 Å². The summed E-state index contributed by atoms with van der Waals surface area (Å²) in [5, 5.41) is 0. The molecule has 0 spiro atoms. The Balaban J connectivity index is 1.75. The molecule has 0 amide bonds. The van der Waals surface area contributed by atoms with Gasteiger partial charge in [0.2, 0.25) is 6.71 Å². The van der Waals surface area contributed by atoms with Crippen molar-refractivity contribution in [1.29, 1.82) is 0 Å². The molecule has 1 nitrogen and oxygen atoms in total. The summed E-state index contributed by atoms with van der Waals surface area (Å²) < 4.78 is 2.13. The van der Waals surface area contributed by atoms with E-state index < -0.39 is 0 Å². The summed E-state index contributed by atoms with van der Waals surface area (Å²) in [4.78, 5) is 5.87. The number of hydrogen-bond donors (Lipinski definition) is 0. The standard InChI is InChI=1S/C21H12BBr2NS/c23-13-9-10-19(25-12-13)21-18(11-20(24)26-21)22-16-7-3-1-5-14(16)15-6-2-4-8-17(15)22/h1-12H. The van der Waals surface area contributed by atoms with E-state index in [0.29, 0.717) is 0 Å². The van der Waals surface area contributed by atoms with Gasteiger partial charge in [0.1, 0.15) is 0 Å². The Kier molecular flexibility index (Phi) is 4.11. The molecule has 0 saturated carbocycles. The average Bonchev–Trinajstić information content (AvgIpc) is 3.20. The summed E-state index contributed by atoms with van der Waals surface area (Å²) >= 11 is 8.93. The van der Waals surface area contributed by atoms with Crippen LogP contribution in [-0.2, 0) is 0 Å². The van der Waals surface area contributed by atoms with Crippen molar-refractivity contribution in [2.75, 3.05) is 0 Å². The fourth-order valence-corrected chi connectivity index (χ4v) is 5.66. The van der Waals surface area contributed by atoms with Crippen LogP contribution >= 0.6 is 43.2 Å². The number of aromatic nitrogens is 1. The van der Waals surface area contributed by atoms with Crippen molar-refractivity contribution < 1.29 is 0 Å². The maximum Gasteiger partial charge on any atom is 0.244 e. The zero-order valence-corrected chi connectivity index (χ0v) is 17.6. The monoisotopic (exact) mass is 479 g/mol. The first kappa shape index (κ1) is 16.5. The molecule has 0 atom stereocenters. The molecule has 1 aliphatic heterocycles. The number of fused-ring (bicyclic) bond motifs is 3. The van der Waals surface area contributed by atoms with E-state index in [-0.39, 0.29) is 6.71 Å². The highest BCUT2D eigenvalue weighted by atomic mass is 79.9. The third kappa shape index (κ3) is 2.61. The van der Waals surface area contributed by atoms with Crippen molar-refractivity contribution in [1.82, 2.24) is 4.98 Å². The zero-order valence-electron chi connectivity index (χ0n) is 13.6. The SMILES string of the molecule is Brc1ccc(-c2sc(Br)cc2B2c3ccccc3-c3ccccc32)nc1. The Morgan fingerprint density at radius 1 is 0.769 bits per heavy atom. The van der Waals surface area contributed by atoms with E-state index in [0.717, 1.165) is 14.0 Å². The second kappa shape index (κ2) is 6.48. The first-order chi connectivity index (χ1) is 12.7. The third-order valence-corrected chi connectivity index (χ3v) is 6.98. The van der Waals surface area contributed by atoms with Crippen molar-refractivity contribution in [3.05, 3.63) is 81.2 Å². The number of hydrogen-bond acceptors (Lipinski definition) is 2. The second-order valence-electron chi connectivity index (χ2n) is 6.30.